The molecule has 58 heavy (non-hydrogen) atoms. The number of halogens is 7. The Labute approximate surface area is 325 Å². The van der Waals surface area contributed by atoms with E-state index in [1.165, 1.54) is 32.2 Å². The Kier molecular flexibility index (Phi) is 9.58. The van der Waals surface area contributed by atoms with E-state index < -0.39 is 82.5 Å². The summed E-state index contributed by atoms with van der Waals surface area (Å²) in [5.41, 5.74) is -3.32. The van der Waals surface area contributed by atoms with Crippen molar-refractivity contribution < 1.29 is 50.2 Å². The smallest absolute Gasteiger partial charge is 0.378 e. The van der Waals surface area contributed by atoms with Crippen LogP contribution >= 0.6 is 0 Å². The minimum absolute atomic E-state index is 0.00644. The van der Waals surface area contributed by atoms with Crippen molar-refractivity contribution in [3.05, 3.63) is 106 Å². The van der Waals surface area contributed by atoms with E-state index >= 15 is 8.78 Å². The van der Waals surface area contributed by atoms with E-state index in [0.717, 1.165) is 12.1 Å². The van der Waals surface area contributed by atoms with E-state index in [1.807, 2.05) is 0 Å². The third-order valence-electron chi connectivity index (χ3n) is 10.4. The van der Waals surface area contributed by atoms with Gasteiger partial charge in [0.1, 0.15) is 40.8 Å². The van der Waals surface area contributed by atoms with E-state index in [1.54, 1.807) is 22.9 Å². The van der Waals surface area contributed by atoms with Crippen LogP contribution in [0.1, 0.15) is 82.9 Å². The maximum atomic E-state index is 15.6. The Balaban J connectivity index is 1.24. The van der Waals surface area contributed by atoms with E-state index in [0.29, 0.717) is 35.2 Å². The number of hydrogen-bond donors (Lipinski definition) is 3. The first-order chi connectivity index (χ1) is 27.4. The number of aromatic nitrogens is 5. The number of imidazole rings is 1. The van der Waals surface area contributed by atoms with Gasteiger partial charge in [-0.15, -0.1) is 0 Å². The highest BCUT2D eigenvalue weighted by molar-refractivity contribution is 6.01. The molecule has 0 bridgehead atoms. The largest absolute Gasteiger partial charge is 0.435 e. The molecule has 3 atom stereocenters. The molecule has 0 spiro atoms. The Morgan fingerprint density at radius 2 is 1.83 bits per heavy atom. The van der Waals surface area contributed by atoms with Crippen molar-refractivity contribution in [1.82, 2.24) is 34.8 Å². The molecule has 0 unspecified atom stereocenters. The highest BCUT2D eigenvalue weighted by Gasteiger charge is 2.63. The Bertz CT molecular complexity index is 2510. The molecule has 5 heterocycles. The summed E-state index contributed by atoms with van der Waals surface area (Å²) in [5.74, 6) is -4.13. The van der Waals surface area contributed by atoms with Crippen LogP contribution in [0.3, 0.4) is 0 Å². The summed E-state index contributed by atoms with van der Waals surface area (Å²) in [4.78, 5) is 36.5. The molecular formula is C40H34F7N7O4. The average Bonchev–Trinajstić information content (AvgIpc) is 3.75. The molecule has 2 fully saturated rings. The molecule has 11 nitrogen and oxygen atoms in total. The maximum absolute atomic E-state index is 15.6. The van der Waals surface area contributed by atoms with Gasteiger partial charge in [0, 0.05) is 47.3 Å². The molecule has 18 heteroatoms. The predicted molar refractivity (Wildman–Crippen MR) is 191 cm³/mol. The van der Waals surface area contributed by atoms with Crippen molar-refractivity contribution in [2.75, 3.05) is 13.2 Å². The number of benzene rings is 1. The summed E-state index contributed by atoms with van der Waals surface area (Å²) in [6, 6.07) is 5.67. The highest BCUT2D eigenvalue weighted by atomic mass is 19.4. The lowest BCUT2D eigenvalue weighted by atomic mass is 9.73. The van der Waals surface area contributed by atoms with Crippen molar-refractivity contribution in [3.63, 3.8) is 0 Å². The number of nitrogens with one attached hydrogen (secondary N) is 2. The van der Waals surface area contributed by atoms with E-state index in [-0.39, 0.29) is 53.4 Å². The van der Waals surface area contributed by atoms with Crippen molar-refractivity contribution in [1.29, 1.82) is 0 Å². The lowest BCUT2D eigenvalue weighted by Crippen LogP contribution is -2.48. The minimum Gasteiger partial charge on any atom is -0.378 e. The van der Waals surface area contributed by atoms with Crippen molar-refractivity contribution >= 4 is 17.5 Å². The SMILES string of the molecule is CC(C)(O)C#Cc1ccc(-c2cc(C(=O)NC3COC3)c3nccn3c2)c([C@H](Cc2cc(F)cc(F)c2)NC(=O)Cn2nc(C(F)(F)F)c3c2C(F)(F)[C@@H]2CC[C@H]32)n1. The molecule has 302 valence electrons. The zero-order valence-electron chi connectivity index (χ0n) is 30.8. The van der Waals surface area contributed by atoms with Gasteiger partial charge >= 0.3 is 6.18 Å². The van der Waals surface area contributed by atoms with Gasteiger partial charge in [-0.25, -0.2) is 18.7 Å². The van der Waals surface area contributed by atoms with E-state index in [2.05, 4.69) is 32.6 Å². The Hall–Kier alpha value is -5.80. The lowest BCUT2D eigenvalue weighted by Gasteiger charge is -2.34. The quantitative estimate of drug-likeness (QED) is 0.126. The van der Waals surface area contributed by atoms with Crippen LogP contribution in [0.25, 0.3) is 16.8 Å². The predicted octanol–water partition coefficient (Wildman–Crippen LogP) is 5.84. The number of ether oxygens (including phenoxy) is 1. The van der Waals surface area contributed by atoms with Gasteiger partial charge in [0.2, 0.25) is 5.91 Å². The number of carbonyl (C=O) groups excluding carboxylic acids is 2. The number of carbonyl (C=O) groups is 2. The molecule has 1 saturated carbocycles. The summed E-state index contributed by atoms with van der Waals surface area (Å²) < 4.78 is 110. The molecular weight excluding hydrogens is 775 g/mol. The number of alkyl halides is 5. The fourth-order valence-corrected chi connectivity index (χ4v) is 7.71. The van der Waals surface area contributed by atoms with Gasteiger partial charge in [-0.05, 0) is 80.8 Å². The van der Waals surface area contributed by atoms with Gasteiger partial charge in [0.25, 0.3) is 11.8 Å². The number of fused-ring (bicyclic) bond motifs is 4. The zero-order chi connectivity index (χ0) is 41.3. The van der Waals surface area contributed by atoms with Gasteiger partial charge in [0.05, 0.1) is 36.6 Å². The first kappa shape index (κ1) is 39.0. The fraction of sp³-hybridized carbons (Fsp3) is 0.375. The molecule has 1 aliphatic heterocycles. The van der Waals surface area contributed by atoms with Gasteiger partial charge in [-0.3, -0.25) is 14.3 Å². The summed E-state index contributed by atoms with van der Waals surface area (Å²) in [6.45, 7) is 2.44. The third-order valence-corrected chi connectivity index (χ3v) is 10.4. The van der Waals surface area contributed by atoms with E-state index in [9.17, 15) is 36.6 Å². The normalized spacial score (nSPS) is 19.0. The van der Waals surface area contributed by atoms with Crippen LogP contribution in [0.4, 0.5) is 30.7 Å². The second-order valence-electron chi connectivity index (χ2n) is 15.2. The highest BCUT2D eigenvalue weighted by Crippen LogP contribution is 2.64. The second-order valence-corrected chi connectivity index (χ2v) is 15.2. The summed E-state index contributed by atoms with van der Waals surface area (Å²) >= 11 is 0. The maximum Gasteiger partial charge on any atom is 0.435 e. The minimum atomic E-state index is -5.07. The molecule has 0 radical (unpaired) electrons. The number of rotatable bonds is 9. The standard InChI is InChI=1S/C40H34F7N7O4/c1-38(2,57)8-7-24-3-4-26(21-14-28(36-48-9-10-53(36)16-21)37(56)50-25-18-58-19-25)33(49-24)30(13-20-11-22(41)15-23(42)12-20)51-31(55)17-54-35-32(34(52-54)40(45,46)47)27-5-6-29(27)39(35,43)44/h3-4,9-12,14-16,25,27,29-30,57H,5-6,13,17-19H2,1-2H3,(H,50,56)(H,51,55)/t27-,29+,30-/m0/s1. The molecule has 2 aliphatic carbocycles. The number of aliphatic hydroxyl groups is 1. The van der Waals surface area contributed by atoms with E-state index in [4.69, 9.17) is 9.72 Å². The van der Waals surface area contributed by atoms with Crippen LogP contribution in [0.5, 0.6) is 0 Å². The fourth-order valence-electron chi connectivity index (χ4n) is 7.71. The topological polar surface area (TPSA) is 136 Å². The number of pyridine rings is 2. The number of amides is 2. The zero-order valence-corrected chi connectivity index (χ0v) is 30.8. The van der Waals surface area contributed by atoms with Gasteiger partial charge in [0.15, 0.2) is 5.69 Å². The van der Waals surface area contributed by atoms with Crippen LogP contribution in [0.2, 0.25) is 0 Å². The average molecular weight is 810 g/mol. The molecule has 3 aliphatic rings. The molecule has 1 saturated heterocycles. The van der Waals surface area contributed by atoms with Crippen LogP contribution in [0.15, 0.2) is 55.0 Å². The second kappa shape index (κ2) is 14.2. The van der Waals surface area contributed by atoms with Crippen molar-refractivity contribution in [2.45, 2.75) is 75.4 Å². The van der Waals surface area contributed by atoms with Gasteiger partial charge in [-0.2, -0.15) is 27.1 Å². The van der Waals surface area contributed by atoms with Crippen molar-refractivity contribution in [2.24, 2.45) is 5.92 Å². The monoisotopic (exact) mass is 809 g/mol. The number of hydrogen-bond acceptors (Lipinski definition) is 7. The molecule has 5 aromatic rings. The number of nitrogens with zero attached hydrogens (tertiary/aromatic N) is 5. The Morgan fingerprint density at radius 3 is 2.47 bits per heavy atom. The van der Waals surface area contributed by atoms with Gasteiger partial charge < -0.3 is 24.9 Å². The molecule has 8 rings (SSSR count). The third kappa shape index (κ3) is 7.39. The lowest BCUT2D eigenvalue weighted by molar-refractivity contribution is -0.144. The first-order valence-corrected chi connectivity index (χ1v) is 18.3. The van der Waals surface area contributed by atoms with Crippen LogP contribution in [-0.4, -0.2) is 65.9 Å². The first-order valence-electron chi connectivity index (χ1n) is 18.3. The van der Waals surface area contributed by atoms with Crippen LogP contribution < -0.4 is 10.6 Å². The van der Waals surface area contributed by atoms with Crippen molar-refractivity contribution in [3.8, 4) is 23.0 Å². The molecule has 1 aromatic carbocycles. The summed E-state index contributed by atoms with van der Waals surface area (Å²) in [5, 5.41) is 19.3. The Morgan fingerprint density at radius 1 is 1.09 bits per heavy atom. The molecule has 2 amide bonds. The molecule has 3 N–H and O–H groups in total. The van der Waals surface area contributed by atoms with Crippen LogP contribution in [0, 0.1) is 29.4 Å². The molecule has 4 aromatic heterocycles. The summed E-state index contributed by atoms with van der Waals surface area (Å²) in [7, 11) is 0. The van der Waals surface area contributed by atoms with Crippen LogP contribution in [-0.2, 0) is 34.6 Å². The van der Waals surface area contributed by atoms with Gasteiger partial charge in [-0.1, -0.05) is 5.92 Å². The summed E-state index contributed by atoms with van der Waals surface area (Å²) in [6.07, 6.45) is -0.626.